The molecule has 7 nitrogen and oxygen atoms in total. The van der Waals surface area contributed by atoms with E-state index in [9.17, 15) is 9.59 Å². The summed E-state index contributed by atoms with van der Waals surface area (Å²) in [4.78, 5) is 24.3. The fraction of sp³-hybridized carbons (Fsp3) is 0.222. The molecule has 0 fully saturated rings. The van der Waals surface area contributed by atoms with E-state index in [1.807, 2.05) is 24.3 Å². The summed E-state index contributed by atoms with van der Waals surface area (Å²) in [5.41, 5.74) is 2.92. The molecular formula is C18H18N4O3. The molecule has 2 N–H and O–H groups in total. The first-order valence-electron chi connectivity index (χ1n) is 7.97. The summed E-state index contributed by atoms with van der Waals surface area (Å²) in [6.45, 7) is 1.82. The molecule has 7 heteroatoms. The number of ether oxygens (including phenoxy) is 1. The number of aromatic amines is 1. The van der Waals surface area contributed by atoms with Gasteiger partial charge in [-0.05, 0) is 23.3 Å². The first-order valence-corrected chi connectivity index (χ1v) is 7.97. The summed E-state index contributed by atoms with van der Waals surface area (Å²) in [6, 6.07) is 13.6. The van der Waals surface area contributed by atoms with Crippen LogP contribution in [0, 0.1) is 0 Å². The summed E-state index contributed by atoms with van der Waals surface area (Å²) < 4.78 is 5.40. The van der Waals surface area contributed by atoms with Crippen LogP contribution in [0.3, 0.4) is 0 Å². The minimum atomic E-state index is -0.829. The van der Waals surface area contributed by atoms with Crippen LogP contribution in [0.15, 0.2) is 48.5 Å². The summed E-state index contributed by atoms with van der Waals surface area (Å²) in [6.07, 6.45) is 0.291. The first kappa shape index (κ1) is 16.6. The number of nitrogens with one attached hydrogen (secondary N) is 2. The normalized spacial score (nSPS) is 11.9. The van der Waals surface area contributed by atoms with Gasteiger partial charge in [-0.2, -0.15) is 15.4 Å². The van der Waals surface area contributed by atoms with Crippen molar-refractivity contribution in [3.05, 3.63) is 59.7 Å². The number of aromatic nitrogens is 3. The van der Waals surface area contributed by atoms with E-state index in [0.29, 0.717) is 17.5 Å². The average molecular weight is 338 g/mol. The van der Waals surface area contributed by atoms with E-state index in [4.69, 9.17) is 4.74 Å². The van der Waals surface area contributed by atoms with E-state index in [1.54, 1.807) is 31.2 Å². The van der Waals surface area contributed by atoms with Gasteiger partial charge < -0.3 is 10.1 Å². The molecule has 1 amide bonds. The van der Waals surface area contributed by atoms with Gasteiger partial charge in [0.2, 0.25) is 5.91 Å². The second-order valence-electron chi connectivity index (χ2n) is 5.52. The highest BCUT2D eigenvalue weighted by Gasteiger charge is 2.23. The van der Waals surface area contributed by atoms with Gasteiger partial charge in [0.15, 0.2) is 6.04 Å². The van der Waals surface area contributed by atoms with Gasteiger partial charge in [-0.3, -0.25) is 4.79 Å². The Morgan fingerprint density at radius 3 is 2.64 bits per heavy atom. The maximum absolute atomic E-state index is 12.5. The van der Waals surface area contributed by atoms with E-state index in [-0.39, 0.29) is 12.5 Å². The lowest BCUT2D eigenvalue weighted by atomic mass is 10.1. The first-order chi connectivity index (χ1) is 12.2. The lowest BCUT2D eigenvalue weighted by Gasteiger charge is -2.17. The Bertz CT molecular complexity index is 876. The number of H-pyrrole nitrogens is 1. The quantitative estimate of drug-likeness (QED) is 0.672. The topological polar surface area (TPSA) is 97.0 Å². The van der Waals surface area contributed by atoms with E-state index >= 15 is 0 Å². The fourth-order valence-electron chi connectivity index (χ4n) is 2.40. The second kappa shape index (κ2) is 7.57. The largest absolute Gasteiger partial charge is 0.459 e. The number of rotatable bonds is 6. The molecule has 2 aromatic carbocycles. The van der Waals surface area contributed by atoms with Crippen LogP contribution in [-0.4, -0.2) is 27.3 Å². The van der Waals surface area contributed by atoms with Gasteiger partial charge in [-0.15, -0.1) is 0 Å². The molecule has 0 aliphatic heterocycles. The van der Waals surface area contributed by atoms with Crippen LogP contribution in [0.4, 0.5) is 0 Å². The molecule has 128 valence electrons. The lowest BCUT2D eigenvalue weighted by molar-refractivity contribution is -0.149. The molecule has 1 heterocycles. The van der Waals surface area contributed by atoms with E-state index < -0.39 is 12.0 Å². The van der Waals surface area contributed by atoms with Crippen molar-refractivity contribution in [2.75, 3.05) is 0 Å². The molecule has 1 unspecified atom stereocenters. The Morgan fingerprint density at radius 2 is 1.88 bits per heavy atom. The number of esters is 1. The van der Waals surface area contributed by atoms with Crippen molar-refractivity contribution in [3.63, 3.8) is 0 Å². The maximum atomic E-state index is 12.5. The SMILES string of the molecule is CCC(=O)NC(C(=O)OCc1ccc2n[nH]nc2c1)c1ccccc1. The number of carbonyl (C=O) groups is 2. The number of carbonyl (C=O) groups excluding carboxylic acids is 2. The molecule has 0 saturated heterocycles. The molecule has 25 heavy (non-hydrogen) atoms. The minimum absolute atomic E-state index is 0.0902. The van der Waals surface area contributed by atoms with Crippen molar-refractivity contribution in [1.82, 2.24) is 20.7 Å². The number of benzene rings is 2. The van der Waals surface area contributed by atoms with Crippen LogP contribution >= 0.6 is 0 Å². The van der Waals surface area contributed by atoms with E-state index in [1.165, 1.54) is 0 Å². The standard InChI is InChI=1S/C18H18N4O3/c1-2-16(23)19-17(13-6-4-3-5-7-13)18(24)25-11-12-8-9-14-15(10-12)21-22-20-14/h3-10,17H,2,11H2,1H3,(H,19,23)(H,20,21,22). The van der Waals surface area contributed by atoms with Crippen LogP contribution in [-0.2, 0) is 20.9 Å². The van der Waals surface area contributed by atoms with Crippen molar-refractivity contribution in [2.24, 2.45) is 0 Å². The molecule has 1 atom stereocenters. The highest BCUT2D eigenvalue weighted by atomic mass is 16.5. The molecule has 3 aromatic rings. The minimum Gasteiger partial charge on any atom is -0.459 e. The smallest absolute Gasteiger partial charge is 0.333 e. The van der Waals surface area contributed by atoms with Crippen LogP contribution < -0.4 is 5.32 Å². The third-order valence-electron chi connectivity index (χ3n) is 3.76. The van der Waals surface area contributed by atoms with E-state index in [2.05, 4.69) is 20.7 Å². The van der Waals surface area contributed by atoms with Crippen molar-refractivity contribution in [3.8, 4) is 0 Å². The zero-order valence-corrected chi connectivity index (χ0v) is 13.7. The third kappa shape index (κ3) is 4.00. The predicted octanol–water partition coefficient (Wildman–Crippen LogP) is 2.27. The van der Waals surface area contributed by atoms with Gasteiger partial charge in [0.05, 0.1) is 0 Å². The molecule has 0 aliphatic carbocycles. The Balaban J connectivity index is 1.72. The van der Waals surface area contributed by atoms with Crippen molar-refractivity contribution < 1.29 is 14.3 Å². The Morgan fingerprint density at radius 1 is 1.12 bits per heavy atom. The number of nitrogens with zero attached hydrogens (tertiary/aromatic N) is 2. The summed E-state index contributed by atoms with van der Waals surface area (Å²) >= 11 is 0. The number of fused-ring (bicyclic) bond motifs is 1. The highest BCUT2D eigenvalue weighted by Crippen LogP contribution is 2.17. The second-order valence-corrected chi connectivity index (χ2v) is 5.52. The van der Waals surface area contributed by atoms with Crippen LogP contribution in [0.1, 0.15) is 30.5 Å². The van der Waals surface area contributed by atoms with Gasteiger partial charge in [0, 0.05) is 6.42 Å². The number of hydrogen-bond donors (Lipinski definition) is 2. The highest BCUT2D eigenvalue weighted by molar-refractivity contribution is 5.85. The van der Waals surface area contributed by atoms with Crippen molar-refractivity contribution >= 4 is 22.9 Å². The molecule has 0 spiro atoms. The number of amides is 1. The zero-order valence-electron chi connectivity index (χ0n) is 13.7. The lowest BCUT2D eigenvalue weighted by Crippen LogP contribution is -2.34. The predicted molar refractivity (Wildman–Crippen MR) is 91.3 cm³/mol. The maximum Gasteiger partial charge on any atom is 0.333 e. The monoisotopic (exact) mass is 338 g/mol. The molecule has 0 bridgehead atoms. The Hall–Kier alpha value is -3.22. The van der Waals surface area contributed by atoms with Crippen molar-refractivity contribution in [1.29, 1.82) is 0 Å². The van der Waals surface area contributed by atoms with Gasteiger partial charge in [0.1, 0.15) is 17.6 Å². The molecule has 0 saturated carbocycles. The molecule has 0 radical (unpaired) electrons. The van der Waals surface area contributed by atoms with Gasteiger partial charge in [-0.25, -0.2) is 4.79 Å². The molecule has 1 aromatic heterocycles. The summed E-state index contributed by atoms with van der Waals surface area (Å²) in [5.74, 6) is -0.719. The average Bonchev–Trinajstić information content (AvgIpc) is 3.12. The van der Waals surface area contributed by atoms with E-state index in [0.717, 1.165) is 11.1 Å². The number of hydrogen-bond acceptors (Lipinski definition) is 5. The van der Waals surface area contributed by atoms with Gasteiger partial charge in [0.25, 0.3) is 0 Å². The molecular weight excluding hydrogens is 320 g/mol. The fourth-order valence-corrected chi connectivity index (χ4v) is 2.40. The summed E-state index contributed by atoms with van der Waals surface area (Å²) in [5, 5.41) is 13.2. The van der Waals surface area contributed by atoms with Crippen LogP contribution in [0.5, 0.6) is 0 Å². The summed E-state index contributed by atoms with van der Waals surface area (Å²) in [7, 11) is 0. The Labute approximate surface area is 144 Å². The molecule has 0 aliphatic rings. The van der Waals surface area contributed by atoms with Crippen LogP contribution in [0.2, 0.25) is 0 Å². The van der Waals surface area contributed by atoms with Gasteiger partial charge in [-0.1, -0.05) is 43.3 Å². The van der Waals surface area contributed by atoms with Gasteiger partial charge >= 0.3 is 5.97 Å². The zero-order chi connectivity index (χ0) is 17.6. The van der Waals surface area contributed by atoms with Crippen molar-refractivity contribution in [2.45, 2.75) is 26.0 Å². The third-order valence-corrected chi connectivity index (χ3v) is 3.76. The van der Waals surface area contributed by atoms with Crippen LogP contribution in [0.25, 0.3) is 11.0 Å². The Kier molecular flexibility index (Phi) is 5.03. The molecule has 3 rings (SSSR count).